The van der Waals surface area contributed by atoms with Gasteiger partial charge in [0, 0.05) is 18.5 Å². The highest BCUT2D eigenvalue weighted by atomic mass is 32.2. The van der Waals surface area contributed by atoms with Gasteiger partial charge in [-0.3, -0.25) is 13.9 Å². The Morgan fingerprint density at radius 1 is 0.787 bits per heavy atom. The van der Waals surface area contributed by atoms with Crippen molar-refractivity contribution in [1.82, 2.24) is 10.2 Å². The maximum Gasteiger partial charge on any atom is 0.264 e. The first-order valence-corrected chi connectivity index (χ1v) is 17.1. The predicted octanol–water partition coefficient (Wildman–Crippen LogP) is 6.37. The van der Waals surface area contributed by atoms with Crippen molar-refractivity contribution in [3.63, 3.8) is 0 Å². The van der Waals surface area contributed by atoms with E-state index in [0.29, 0.717) is 5.75 Å². The molecule has 4 rings (SSSR count). The summed E-state index contributed by atoms with van der Waals surface area (Å²) in [4.78, 5) is 30.3. The molecule has 0 aromatic heterocycles. The van der Waals surface area contributed by atoms with Crippen LogP contribution in [0.4, 0.5) is 5.69 Å². The summed E-state index contributed by atoms with van der Waals surface area (Å²) < 4.78 is 35.5. The SMILES string of the molecule is COc1ccc(C)cc1N(CC(=O)N(Cc1ccc(C)cc1)[C@@H](Cc1ccccc1)C(=O)NC(C)(C)C)S(=O)(=O)c1ccc(C)cc1. The molecule has 0 fully saturated rings. The number of carbonyl (C=O) groups is 2. The molecule has 0 aliphatic carbocycles. The topological polar surface area (TPSA) is 96.0 Å². The van der Waals surface area contributed by atoms with E-state index in [0.717, 1.165) is 32.1 Å². The van der Waals surface area contributed by atoms with E-state index >= 15 is 0 Å². The van der Waals surface area contributed by atoms with Crippen LogP contribution in [0.1, 0.15) is 48.6 Å². The lowest BCUT2D eigenvalue weighted by Gasteiger charge is -2.35. The number of anilines is 1. The van der Waals surface area contributed by atoms with Crippen LogP contribution in [0.25, 0.3) is 0 Å². The summed E-state index contributed by atoms with van der Waals surface area (Å²) in [6, 6.07) is 28.0. The molecule has 1 N–H and O–H groups in total. The van der Waals surface area contributed by atoms with Crippen LogP contribution in [0, 0.1) is 20.8 Å². The summed E-state index contributed by atoms with van der Waals surface area (Å²) in [5.74, 6) is -0.562. The van der Waals surface area contributed by atoms with Gasteiger partial charge in [0.15, 0.2) is 0 Å². The second kappa shape index (κ2) is 14.9. The number of nitrogens with zero attached hydrogens (tertiary/aromatic N) is 2. The van der Waals surface area contributed by atoms with Gasteiger partial charge in [-0.1, -0.05) is 83.9 Å². The average molecular weight is 656 g/mol. The molecule has 8 nitrogen and oxygen atoms in total. The number of methoxy groups -OCH3 is 1. The molecule has 1 atom stereocenters. The highest BCUT2D eigenvalue weighted by Crippen LogP contribution is 2.34. The molecular weight excluding hydrogens is 611 g/mol. The molecule has 4 aromatic rings. The van der Waals surface area contributed by atoms with E-state index in [1.165, 1.54) is 24.1 Å². The Bertz CT molecular complexity index is 1780. The number of carbonyl (C=O) groups excluding carboxylic acids is 2. The van der Waals surface area contributed by atoms with E-state index in [1.807, 2.05) is 102 Å². The molecule has 0 radical (unpaired) electrons. The number of amides is 2. The van der Waals surface area contributed by atoms with E-state index in [9.17, 15) is 18.0 Å². The van der Waals surface area contributed by atoms with E-state index < -0.39 is 34.1 Å². The molecule has 4 aromatic carbocycles. The van der Waals surface area contributed by atoms with Gasteiger partial charge in [-0.15, -0.1) is 0 Å². The lowest BCUT2D eigenvalue weighted by molar-refractivity contribution is -0.140. The maximum absolute atomic E-state index is 14.7. The number of hydrogen-bond acceptors (Lipinski definition) is 5. The monoisotopic (exact) mass is 655 g/mol. The van der Waals surface area contributed by atoms with Crippen molar-refractivity contribution in [2.24, 2.45) is 0 Å². The fraction of sp³-hybridized carbons (Fsp3) is 0.316. The molecule has 9 heteroatoms. The van der Waals surface area contributed by atoms with Crippen LogP contribution in [0.5, 0.6) is 5.75 Å². The van der Waals surface area contributed by atoms with Crippen LogP contribution in [-0.4, -0.2) is 50.4 Å². The molecular formula is C38H45N3O5S. The summed E-state index contributed by atoms with van der Waals surface area (Å²) >= 11 is 0. The molecule has 0 spiro atoms. The van der Waals surface area contributed by atoms with Crippen LogP contribution < -0.4 is 14.4 Å². The van der Waals surface area contributed by atoms with E-state index in [2.05, 4.69) is 5.32 Å². The third-order valence-electron chi connectivity index (χ3n) is 7.73. The summed E-state index contributed by atoms with van der Waals surface area (Å²) in [6.07, 6.45) is 0.235. The number of hydrogen-bond donors (Lipinski definition) is 1. The van der Waals surface area contributed by atoms with Gasteiger partial charge in [-0.05, 0) is 82.5 Å². The van der Waals surface area contributed by atoms with Gasteiger partial charge >= 0.3 is 0 Å². The van der Waals surface area contributed by atoms with Gasteiger partial charge in [0.25, 0.3) is 10.0 Å². The Morgan fingerprint density at radius 2 is 1.36 bits per heavy atom. The van der Waals surface area contributed by atoms with Crippen molar-refractivity contribution in [2.45, 2.75) is 71.0 Å². The Morgan fingerprint density at radius 3 is 1.94 bits per heavy atom. The highest BCUT2D eigenvalue weighted by Gasteiger charge is 2.36. The standard InChI is InChI=1S/C38H45N3O5S/c1-27-13-18-31(19-14-27)25-40(34(37(43)39-38(4,5)6)24-30-11-9-8-10-12-30)36(42)26-41(33-23-29(3)17-22-35(33)46-7)47(44,45)32-20-15-28(2)16-21-32/h8-23,34H,24-26H2,1-7H3,(H,39,43)/t34-/m0/s1. The molecule has 2 amide bonds. The fourth-order valence-electron chi connectivity index (χ4n) is 5.24. The first kappa shape index (κ1) is 35.2. The largest absolute Gasteiger partial charge is 0.495 e. The minimum atomic E-state index is -4.26. The zero-order valence-corrected chi connectivity index (χ0v) is 29.1. The minimum absolute atomic E-state index is 0.0378. The normalized spacial score (nSPS) is 12.2. The van der Waals surface area contributed by atoms with Crippen molar-refractivity contribution in [1.29, 1.82) is 0 Å². The van der Waals surface area contributed by atoms with Crippen molar-refractivity contribution < 1.29 is 22.7 Å². The zero-order valence-electron chi connectivity index (χ0n) is 28.3. The second-order valence-corrected chi connectivity index (χ2v) is 14.8. The number of rotatable bonds is 12. The first-order chi connectivity index (χ1) is 22.2. The zero-order chi connectivity index (χ0) is 34.4. The molecule has 0 saturated heterocycles. The Hall–Kier alpha value is -4.63. The summed E-state index contributed by atoms with van der Waals surface area (Å²) in [5.41, 5.74) is 4.09. The van der Waals surface area contributed by atoms with Crippen molar-refractivity contribution in [3.05, 3.63) is 125 Å². The highest BCUT2D eigenvalue weighted by molar-refractivity contribution is 7.92. The number of nitrogens with one attached hydrogen (secondary N) is 1. The number of ether oxygens (including phenoxy) is 1. The Kier molecular flexibility index (Phi) is 11.1. The van der Waals surface area contributed by atoms with Gasteiger partial charge in [-0.25, -0.2) is 8.42 Å². The van der Waals surface area contributed by atoms with Crippen LogP contribution in [0.2, 0.25) is 0 Å². The van der Waals surface area contributed by atoms with Crippen LogP contribution >= 0.6 is 0 Å². The summed E-state index contributed by atoms with van der Waals surface area (Å²) in [7, 11) is -2.79. The average Bonchev–Trinajstić information content (AvgIpc) is 3.02. The van der Waals surface area contributed by atoms with Gasteiger partial charge in [-0.2, -0.15) is 0 Å². The summed E-state index contributed by atoms with van der Waals surface area (Å²) in [6.45, 7) is 10.9. The molecule has 47 heavy (non-hydrogen) atoms. The van der Waals surface area contributed by atoms with E-state index in [4.69, 9.17) is 4.74 Å². The second-order valence-electron chi connectivity index (χ2n) is 13.0. The molecule has 0 aliphatic heterocycles. The van der Waals surface area contributed by atoms with E-state index in [-0.39, 0.29) is 29.5 Å². The van der Waals surface area contributed by atoms with Crippen molar-refractivity contribution in [2.75, 3.05) is 18.0 Å². The molecule has 0 saturated carbocycles. The number of aryl methyl sites for hydroxylation is 3. The van der Waals surface area contributed by atoms with Crippen molar-refractivity contribution in [3.8, 4) is 5.75 Å². The first-order valence-electron chi connectivity index (χ1n) is 15.6. The smallest absolute Gasteiger partial charge is 0.264 e. The number of sulfonamides is 1. The summed E-state index contributed by atoms with van der Waals surface area (Å²) in [5, 5.41) is 3.06. The Labute approximate surface area is 279 Å². The molecule has 0 unspecified atom stereocenters. The van der Waals surface area contributed by atoms with Crippen molar-refractivity contribution >= 4 is 27.5 Å². The third kappa shape index (κ3) is 9.23. The lowest BCUT2D eigenvalue weighted by Crippen LogP contribution is -2.56. The molecule has 0 aliphatic rings. The molecule has 0 bridgehead atoms. The van der Waals surface area contributed by atoms with Gasteiger partial charge in [0.2, 0.25) is 11.8 Å². The van der Waals surface area contributed by atoms with E-state index in [1.54, 1.807) is 24.3 Å². The van der Waals surface area contributed by atoms with Gasteiger partial charge < -0.3 is 15.0 Å². The third-order valence-corrected chi connectivity index (χ3v) is 9.51. The molecule has 0 heterocycles. The molecule has 248 valence electrons. The van der Waals surface area contributed by atoms with Gasteiger partial charge in [0.05, 0.1) is 17.7 Å². The quantitative estimate of drug-likeness (QED) is 0.191. The fourth-order valence-corrected chi connectivity index (χ4v) is 6.66. The predicted molar refractivity (Wildman–Crippen MR) is 187 cm³/mol. The Balaban J connectivity index is 1.86. The lowest BCUT2D eigenvalue weighted by atomic mass is 10.0. The van der Waals surface area contributed by atoms with Crippen LogP contribution in [-0.2, 0) is 32.6 Å². The van der Waals surface area contributed by atoms with Crippen LogP contribution in [0.3, 0.4) is 0 Å². The maximum atomic E-state index is 14.7. The van der Waals surface area contributed by atoms with Gasteiger partial charge in [0.1, 0.15) is 18.3 Å². The van der Waals surface area contributed by atoms with Crippen LogP contribution in [0.15, 0.2) is 102 Å². The minimum Gasteiger partial charge on any atom is -0.495 e. The number of benzene rings is 4.